The molecule has 0 bridgehead atoms. The summed E-state index contributed by atoms with van der Waals surface area (Å²) in [6.45, 7) is 6.23. The third-order valence-corrected chi connectivity index (χ3v) is 4.12. The first-order chi connectivity index (χ1) is 10.4. The van der Waals surface area contributed by atoms with Crippen LogP contribution in [0.4, 0.5) is 0 Å². The van der Waals surface area contributed by atoms with E-state index < -0.39 is 5.41 Å². The number of esters is 1. The largest absolute Gasteiger partial charge is 0.468 e. The van der Waals surface area contributed by atoms with Crippen LogP contribution in [0, 0.1) is 19.3 Å². The van der Waals surface area contributed by atoms with Crippen molar-refractivity contribution in [2.45, 2.75) is 20.8 Å². The molecule has 2 aromatic heterocycles. The zero-order valence-electron chi connectivity index (χ0n) is 13.1. The van der Waals surface area contributed by atoms with E-state index in [-0.39, 0.29) is 11.9 Å². The molecule has 0 aliphatic carbocycles. The van der Waals surface area contributed by atoms with E-state index in [0.29, 0.717) is 18.7 Å². The summed E-state index contributed by atoms with van der Waals surface area (Å²) in [5, 5.41) is 4.34. The molecule has 1 aliphatic rings. The fourth-order valence-electron chi connectivity index (χ4n) is 2.86. The van der Waals surface area contributed by atoms with Crippen molar-refractivity contribution < 1.29 is 14.3 Å². The first-order valence-electron chi connectivity index (χ1n) is 7.05. The lowest BCUT2D eigenvalue weighted by Gasteiger charge is -2.45. The minimum atomic E-state index is -0.613. The molecule has 22 heavy (non-hydrogen) atoms. The topological polar surface area (TPSA) is 76.8 Å². The van der Waals surface area contributed by atoms with E-state index in [9.17, 15) is 9.59 Å². The number of fused-ring (bicyclic) bond motifs is 1. The lowest BCUT2D eigenvalue weighted by Crippen LogP contribution is -2.61. The molecular weight excluding hydrogens is 284 g/mol. The fourth-order valence-corrected chi connectivity index (χ4v) is 2.86. The Kier molecular flexibility index (Phi) is 3.16. The van der Waals surface area contributed by atoms with Crippen LogP contribution in [0.1, 0.15) is 28.7 Å². The predicted octanol–water partition coefficient (Wildman–Crippen LogP) is 0.981. The van der Waals surface area contributed by atoms with Crippen molar-refractivity contribution in [3.05, 3.63) is 29.2 Å². The van der Waals surface area contributed by atoms with Gasteiger partial charge in [0.15, 0.2) is 5.65 Å². The highest BCUT2D eigenvalue weighted by molar-refractivity contribution is 5.97. The molecule has 116 valence electrons. The van der Waals surface area contributed by atoms with Crippen molar-refractivity contribution in [2.75, 3.05) is 20.2 Å². The van der Waals surface area contributed by atoms with E-state index in [4.69, 9.17) is 4.74 Å². The smallest absolute Gasteiger partial charge is 0.315 e. The number of ether oxygens (including phenoxy) is 1. The highest BCUT2D eigenvalue weighted by Gasteiger charge is 2.48. The van der Waals surface area contributed by atoms with Gasteiger partial charge in [-0.15, -0.1) is 0 Å². The number of aromatic nitrogens is 3. The third-order valence-electron chi connectivity index (χ3n) is 4.12. The van der Waals surface area contributed by atoms with Crippen LogP contribution in [-0.4, -0.2) is 51.6 Å². The zero-order valence-corrected chi connectivity index (χ0v) is 13.1. The molecule has 1 amide bonds. The summed E-state index contributed by atoms with van der Waals surface area (Å²) in [5.41, 5.74) is 2.20. The summed E-state index contributed by atoms with van der Waals surface area (Å²) in [6, 6.07) is 1.86. The molecule has 1 aliphatic heterocycles. The van der Waals surface area contributed by atoms with Gasteiger partial charge in [-0.3, -0.25) is 9.59 Å². The summed E-state index contributed by atoms with van der Waals surface area (Å²) in [5.74, 6) is -0.425. The molecule has 0 N–H and O–H groups in total. The Balaban J connectivity index is 1.85. The van der Waals surface area contributed by atoms with Gasteiger partial charge in [-0.05, 0) is 20.8 Å². The second-order valence-electron chi connectivity index (χ2n) is 6.03. The van der Waals surface area contributed by atoms with Crippen molar-refractivity contribution in [3.8, 4) is 0 Å². The molecule has 3 heterocycles. The average Bonchev–Trinajstić information content (AvgIpc) is 2.84. The Bertz CT molecular complexity index is 774. The lowest BCUT2D eigenvalue weighted by atomic mass is 9.81. The van der Waals surface area contributed by atoms with Crippen LogP contribution in [0.2, 0.25) is 0 Å². The number of carbonyl (C=O) groups is 2. The number of methoxy groups -OCH3 is 1. The second-order valence-corrected chi connectivity index (χ2v) is 6.03. The minimum absolute atomic E-state index is 0.138. The molecule has 0 aromatic carbocycles. The maximum Gasteiger partial charge on any atom is 0.315 e. The number of hydrogen-bond acceptors (Lipinski definition) is 5. The fraction of sp³-hybridized carbons (Fsp3) is 0.467. The summed E-state index contributed by atoms with van der Waals surface area (Å²) in [7, 11) is 1.36. The number of nitrogens with zero attached hydrogens (tertiary/aromatic N) is 4. The van der Waals surface area contributed by atoms with Gasteiger partial charge < -0.3 is 9.64 Å². The summed E-state index contributed by atoms with van der Waals surface area (Å²) in [6.07, 6.45) is 1.57. The SMILES string of the molecule is COC(=O)C1(C)CN(C(=O)c2cnc3cc(C)nn3c2C)C1. The highest BCUT2D eigenvalue weighted by Crippen LogP contribution is 2.32. The standard InChI is InChI=1S/C15H18N4O3/c1-9-5-12-16-6-11(10(2)19(12)17-9)13(20)18-7-15(3,8-18)14(21)22-4/h5-6H,7-8H2,1-4H3. The summed E-state index contributed by atoms with van der Waals surface area (Å²) in [4.78, 5) is 30.2. The van der Waals surface area contributed by atoms with Gasteiger partial charge in [0.2, 0.25) is 0 Å². The van der Waals surface area contributed by atoms with Crippen LogP contribution in [0.25, 0.3) is 5.65 Å². The van der Waals surface area contributed by atoms with Gasteiger partial charge in [0.05, 0.1) is 24.1 Å². The van der Waals surface area contributed by atoms with E-state index in [1.165, 1.54) is 7.11 Å². The van der Waals surface area contributed by atoms with Crippen molar-refractivity contribution >= 4 is 17.5 Å². The Morgan fingerprint density at radius 2 is 2.00 bits per heavy atom. The summed E-state index contributed by atoms with van der Waals surface area (Å²) >= 11 is 0. The maximum absolute atomic E-state index is 12.6. The number of likely N-dealkylation sites (tertiary alicyclic amines) is 1. The molecule has 0 unspecified atom stereocenters. The van der Waals surface area contributed by atoms with E-state index in [0.717, 1.165) is 17.0 Å². The number of rotatable bonds is 2. The van der Waals surface area contributed by atoms with Crippen LogP contribution in [0.5, 0.6) is 0 Å². The molecule has 0 spiro atoms. The Hall–Kier alpha value is -2.44. The number of amides is 1. The van der Waals surface area contributed by atoms with Crippen LogP contribution in [0.15, 0.2) is 12.3 Å². The van der Waals surface area contributed by atoms with E-state index >= 15 is 0 Å². The van der Waals surface area contributed by atoms with Crippen molar-refractivity contribution in [2.24, 2.45) is 5.41 Å². The van der Waals surface area contributed by atoms with Gasteiger partial charge in [-0.2, -0.15) is 5.10 Å². The maximum atomic E-state index is 12.6. The third kappa shape index (κ3) is 2.04. The Morgan fingerprint density at radius 3 is 2.64 bits per heavy atom. The molecule has 0 saturated carbocycles. The van der Waals surface area contributed by atoms with Crippen LogP contribution < -0.4 is 0 Å². The predicted molar refractivity (Wildman–Crippen MR) is 78.5 cm³/mol. The number of hydrogen-bond donors (Lipinski definition) is 0. The average molecular weight is 302 g/mol. The van der Waals surface area contributed by atoms with Crippen LogP contribution in [0.3, 0.4) is 0 Å². The van der Waals surface area contributed by atoms with Crippen molar-refractivity contribution in [1.29, 1.82) is 0 Å². The molecular formula is C15H18N4O3. The summed E-state index contributed by atoms with van der Waals surface area (Å²) < 4.78 is 6.44. The van der Waals surface area contributed by atoms with Gasteiger partial charge in [0.25, 0.3) is 5.91 Å². The molecule has 7 heteroatoms. The van der Waals surface area contributed by atoms with Crippen LogP contribution >= 0.6 is 0 Å². The van der Waals surface area contributed by atoms with Gasteiger partial charge in [0.1, 0.15) is 5.41 Å². The van der Waals surface area contributed by atoms with E-state index in [2.05, 4.69) is 10.1 Å². The quantitative estimate of drug-likeness (QED) is 0.773. The zero-order chi connectivity index (χ0) is 16.1. The molecule has 0 atom stereocenters. The first-order valence-corrected chi connectivity index (χ1v) is 7.05. The van der Waals surface area contributed by atoms with Gasteiger partial charge in [-0.1, -0.05) is 0 Å². The van der Waals surface area contributed by atoms with E-state index in [1.807, 2.05) is 19.9 Å². The van der Waals surface area contributed by atoms with Crippen LogP contribution in [-0.2, 0) is 9.53 Å². The first kappa shape index (κ1) is 14.5. The highest BCUT2D eigenvalue weighted by atomic mass is 16.5. The van der Waals surface area contributed by atoms with Gasteiger partial charge in [0, 0.05) is 25.4 Å². The van der Waals surface area contributed by atoms with E-state index in [1.54, 1.807) is 22.5 Å². The molecule has 1 fully saturated rings. The molecule has 7 nitrogen and oxygen atoms in total. The van der Waals surface area contributed by atoms with Crippen molar-refractivity contribution in [1.82, 2.24) is 19.5 Å². The molecule has 3 rings (SSSR count). The normalized spacial score (nSPS) is 16.5. The molecule has 2 aromatic rings. The number of aryl methyl sites for hydroxylation is 2. The lowest BCUT2D eigenvalue weighted by molar-refractivity contribution is -0.159. The monoisotopic (exact) mass is 302 g/mol. The second kappa shape index (κ2) is 4.79. The van der Waals surface area contributed by atoms with Gasteiger partial charge in [-0.25, -0.2) is 9.50 Å². The number of carbonyl (C=O) groups excluding carboxylic acids is 2. The molecule has 1 saturated heterocycles. The van der Waals surface area contributed by atoms with Gasteiger partial charge >= 0.3 is 5.97 Å². The van der Waals surface area contributed by atoms with Crippen molar-refractivity contribution in [3.63, 3.8) is 0 Å². The minimum Gasteiger partial charge on any atom is -0.468 e. The molecule has 0 radical (unpaired) electrons. The Morgan fingerprint density at radius 1 is 1.32 bits per heavy atom. The Labute approximate surface area is 127 Å².